The Morgan fingerprint density at radius 2 is 1.49 bits per heavy atom. The zero-order valence-corrected chi connectivity index (χ0v) is 25.9. The van der Waals surface area contributed by atoms with Crippen LogP contribution in [-0.4, -0.2) is 40.3 Å². The van der Waals surface area contributed by atoms with E-state index in [1.807, 2.05) is 0 Å². The number of nitrogens with one attached hydrogen (secondary N) is 1. The minimum absolute atomic E-state index is 0.00293. The van der Waals surface area contributed by atoms with Crippen LogP contribution in [0.4, 0.5) is 22.7 Å². The van der Waals surface area contributed by atoms with Crippen LogP contribution in [0, 0.1) is 6.92 Å². The lowest BCUT2D eigenvalue weighted by Gasteiger charge is -2.12. The maximum Gasteiger partial charge on any atom is 0.294 e. The minimum Gasteiger partial charge on any atom is -0.399 e. The third-order valence-corrected chi connectivity index (χ3v) is 9.96. The summed E-state index contributed by atoms with van der Waals surface area (Å²) in [5.41, 5.74) is 5.88. The SMILES string of the molecule is C=C(Br)C(=O)Nc1ccc(/N=N/c2cc(S(=O)(=O)O)cc3ccc(N)cc23)c(S(=O)(=O)c2ccc(C)c(S(=O)(=O)O)c2)c1. The van der Waals surface area contributed by atoms with Crippen molar-refractivity contribution in [1.82, 2.24) is 0 Å². The maximum absolute atomic E-state index is 13.8. The van der Waals surface area contributed by atoms with Gasteiger partial charge in [0.15, 0.2) is 0 Å². The van der Waals surface area contributed by atoms with Gasteiger partial charge in [0, 0.05) is 16.8 Å². The Bertz CT molecular complexity index is 2200. The molecule has 0 unspecified atom stereocenters. The number of rotatable bonds is 8. The molecule has 0 radical (unpaired) electrons. The van der Waals surface area contributed by atoms with Gasteiger partial charge in [0.25, 0.3) is 26.1 Å². The summed E-state index contributed by atoms with van der Waals surface area (Å²) in [5, 5.41) is 11.2. The highest BCUT2D eigenvalue weighted by Gasteiger charge is 2.26. The second-order valence-electron chi connectivity index (χ2n) is 9.05. The van der Waals surface area contributed by atoms with Gasteiger partial charge in [-0.25, -0.2) is 8.42 Å². The zero-order valence-electron chi connectivity index (χ0n) is 21.9. The molecule has 224 valence electrons. The molecule has 0 aromatic heterocycles. The average molecular weight is 710 g/mol. The van der Waals surface area contributed by atoms with Crippen LogP contribution in [-0.2, 0) is 34.9 Å². The van der Waals surface area contributed by atoms with Crippen molar-refractivity contribution in [3.8, 4) is 0 Å². The van der Waals surface area contributed by atoms with E-state index in [1.54, 1.807) is 0 Å². The zero-order chi connectivity index (χ0) is 31.9. The summed E-state index contributed by atoms with van der Waals surface area (Å²) < 4.78 is 94.3. The first-order chi connectivity index (χ1) is 19.9. The molecule has 0 saturated carbocycles. The van der Waals surface area contributed by atoms with Gasteiger partial charge >= 0.3 is 0 Å². The minimum atomic E-state index is -4.79. The standard InChI is InChI=1S/C26H21BrN4O9S3/c1-14-3-7-19(13-24(14)43(38,39)40)41(33,34)25-11-18(29-26(32)15(2)27)6-8-22(25)30-31-23-12-20(42(35,36)37)9-16-4-5-17(28)10-21(16)23/h3-13H,2,28H2,1H3,(H,29,32)(H,35,36,37)(H,38,39,40)/b31-30+. The molecule has 0 aliphatic rings. The number of anilines is 2. The highest BCUT2D eigenvalue weighted by Crippen LogP contribution is 2.37. The molecule has 0 aliphatic carbocycles. The van der Waals surface area contributed by atoms with E-state index < -0.39 is 55.6 Å². The fraction of sp³-hybridized carbons (Fsp3) is 0.0385. The molecule has 0 atom stereocenters. The molecule has 4 aromatic rings. The Morgan fingerprint density at radius 1 is 0.814 bits per heavy atom. The normalized spacial score (nSPS) is 12.5. The van der Waals surface area contributed by atoms with Gasteiger partial charge in [-0.2, -0.15) is 16.8 Å². The van der Waals surface area contributed by atoms with Crippen molar-refractivity contribution in [3.63, 3.8) is 0 Å². The summed E-state index contributed by atoms with van der Waals surface area (Å²) in [6.45, 7) is 4.81. The number of carbonyl (C=O) groups is 1. The molecule has 5 N–H and O–H groups in total. The Balaban J connectivity index is 1.95. The summed E-state index contributed by atoms with van der Waals surface area (Å²) in [5.74, 6) is -0.687. The highest BCUT2D eigenvalue weighted by molar-refractivity contribution is 9.12. The molecule has 0 bridgehead atoms. The lowest BCUT2D eigenvalue weighted by atomic mass is 10.1. The van der Waals surface area contributed by atoms with Crippen LogP contribution in [0.2, 0.25) is 0 Å². The molecule has 43 heavy (non-hydrogen) atoms. The first-order valence-corrected chi connectivity index (χ1v) is 16.9. The first kappa shape index (κ1) is 31.9. The van der Waals surface area contributed by atoms with E-state index in [1.165, 1.54) is 49.4 Å². The third-order valence-electron chi connectivity index (χ3n) is 5.99. The van der Waals surface area contributed by atoms with Crippen LogP contribution in [0.3, 0.4) is 0 Å². The van der Waals surface area contributed by atoms with Crippen molar-refractivity contribution < 1.29 is 39.2 Å². The number of carbonyl (C=O) groups excluding carboxylic acids is 1. The monoisotopic (exact) mass is 708 g/mol. The fourth-order valence-electron chi connectivity index (χ4n) is 3.91. The van der Waals surface area contributed by atoms with Crippen LogP contribution >= 0.6 is 15.9 Å². The number of benzene rings is 4. The number of hydrogen-bond donors (Lipinski definition) is 4. The van der Waals surface area contributed by atoms with Gasteiger partial charge in [0.2, 0.25) is 9.84 Å². The van der Waals surface area contributed by atoms with Crippen LogP contribution in [0.25, 0.3) is 10.8 Å². The van der Waals surface area contributed by atoms with Gasteiger partial charge < -0.3 is 11.1 Å². The van der Waals surface area contributed by atoms with Gasteiger partial charge in [-0.3, -0.25) is 13.9 Å². The summed E-state index contributed by atoms with van der Waals surface area (Å²) >= 11 is 2.93. The lowest BCUT2D eigenvalue weighted by Crippen LogP contribution is -2.11. The molecular weight excluding hydrogens is 688 g/mol. The van der Waals surface area contributed by atoms with E-state index >= 15 is 0 Å². The number of aryl methyl sites for hydroxylation is 1. The van der Waals surface area contributed by atoms with Gasteiger partial charge in [-0.1, -0.05) is 18.7 Å². The molecule has 0 aliphatic heterocycles. The quantitative estimate of drug-likeness (QED) is 0.0798. The number of nitrogens with two attached hydrogens (primary N) is 1. The number of fused-ring (bicyclic) bond motifs is 1. The lowest BCUT2D eigenvalue weighted by molar-refractivity contribution is -0.112. The van der Waals surface area contributed by atoms with Crippen molar-refractivity contribution in [2.24, 2.45) is 10.2 Å². The molecular formula is C26H21BrN4O9S3. The van der Waals surface area contributed by atoms with E-state index in [2.05, 4.69) is 38.1 Å². The highest BCUT2D eigenvalue weighted by atomic mass is 79.9. The first-order valence-electron chi connectivity index (χ1n) is 11.7. The predicted molar refractivity (Wildman–Crippen MR) is 162 cm³/mol. The topological polar surface area (TPSA) is 223 Å². The second-order valence-corrected chi connectivity index (χ2v) is 14.7. The number of nitrogen functional groups attached to an aromatic ring is 1. The van der Waals surface area contributed by atoms with Gasteiger partial charge in [-0.05, 0) is 88.4 Å². The maximum atomic E-state index is 13.8. The van der Waals surface area contributed by atoms with E-state index in [-0.39, 0.29) is 27.1 Å². The van der Waals surface area contributed by atoms with Crippen molar-refractivity contribution >= 4 is 85.4 Å². The van der Waals surface area contributed by atoms with Crippen LogP contribution in [0.1, 0.15) is 5.56 Å². The van der Waals surface area contributed by atoms with E-state index in [0.29, 0.717) is 16.5 Å². The summed E-state index contributed by atoms with van der Waals surface area (Å²) in [7, 11) is -14.1. The summed E-state index contributed by atoms with van der Waals surface area (Å²) in [4.78, 5) is 9.98. The van der Waals surface area contributed by atoms with Crippen molar-refractivity contribution in [2.75, 3.05) is 11.1 Å². The van der Waals surface area contributed by atoms with E-state index in [9.17, 15) is 39.2 Å². The molecule has 4 aromatic carbocycles. The molecule has 17 heteroatoms. The van der Waals surface area contributed by atoms with Crippen molar-refractivity contribution in [1.29, 1.82) is 0 Å². The van der Waals surface area contributed by atoms with E-state index in [0.717, 1.165) is 24.3 Å². The Morgan fingerprint density at radius 3 is 2.12 bits per heavy atom. The smallest absolute Gasteiger partial charge is 0.294 e. The van der Waals surface area contributed by atoms with Crippen LogP contribution < -0.4 is 11.1 Å². The van der Waals surface area contributed by atoms with Gasteiger partial charge in [0.1, 0.15) is 10.6 Å². The molecule has 1 amide bonds. The number of halogens is 1. The Hall–Kier alpha value is -4.00. The van der Waals surface area contributed by atoms with Crippen molar-refractivity contribution in [3.05, 3.63) is 83.4 Å². The number of hydrogen-bond acceptors (Lipinski definition) is 10. The van der Waals surface area contributed by atoms with Gasteiger partial charge in [-0.15, -0.1) is 10.2 Å². The Kier molecular flexibility index (Phi) is 8.60. The third kappa shape index (κ3) is 6.98. The molecule has 0 heterocycles. The second kappa shape index (κ2) is 11.6. The summed E-state index contributed by atoms with van der Waals surface area (Å²) in [6, 6.07) is 13.3. The largest absolute Gasteiger partial charge is 0.399 e. The number of azo groups is 1. The molecule has 0 saturated heterocycles. The van der Waals surface area contributed by atoms with Crippen LogP contribution in [0.15, 0.2) is 108 Å². The molecule has 0 fully saturated rings. The number of nitrogens with zero attached hydrogens (tertiary/aromatic N) is 2. The molecule has 4 rings (SSSR count). The van der Waals surface area contributed by atoms with Gasteiger partial charge in [0.05, 0.1) is 24.9 Å². The molecule has 0 spiro atoms. The number of sulfone groups is 1. The van der Waals surface area contributed by atoms with Crippen molar-refractivity contribution in [2.45, 2.75) is 26.5 Å². The summed E-state index contributed by atoms with van der Waals surface area (Å²) in [6.07, 6.45) is 0. The van der Waals surface area contributed by atoms with Crippen LogP contribution in [0.5, 0.6) is 0 Å². The number of amides is 1. The Labute approximate surface area is 254 Å². The fourth-order valence-corrected chi connectivity index (χ4v) is 6.81. The van der Waals surface area contributed by atoms with E-state index in [4.69, 9.17) is 5.73 Å². The predicted octanol–water partition coefficient (Wildman–Crippen LogP) is 5.32. The molecule has 13 nitrogen and oxygen atoms in total. The average Bonchev–Trinajstić information content (AvgIpc) is 2.90.